The first-order valence-electron chi connectivity index (χ1n) is 4.90. The lowest BCUT2D eigenvalue weighted by Gasteiger charge is -2.12. The van der Waals surface area contributed by atoms with Crippen LogP contribution < -0.4 is 0 Å². The summed E-state index contributed by atoms with van der Waals surface area (Å²) in [6, 6.07) is 7.61. The van der Waals surface area contributed by atoms with Crippen molar-refractivity contribution in [2.45, 2.75) is 25.2 Å². The third-order valence-corrected chi connectivity index (χ3v) is 3.04. The Hall–Kier alpha value is -1.15. The quantitative estimate of drug-likeness (QED) is 0.739. The number of Topliss-reactive ketones (excluding diaryl/α,β-unsaturated/α-hetero) is 1. The van der Waals surface area contributed by atoms with Gasteiger partial charge in [0.2, 0.25) is 0 Å². The second-order valence-electron chi connectivity index (χ2n) is 4.08. The zero-order valence-electron chi connectivity index (χ0n) is 8.29. The molecule has 0 spiro atoms. The van der Waals surface area contributed by atoms with Crippen LogP contribution in [0.1, 0.15) is 35.7 Å². The molecule has 0 bridgehead atoms. The number of aliphatic hydroxyl groups is 1. The molecule has 0 aromatic heterocycles. The van der Waals surface area contributed by atoms with Crippen molar-refractivity contribution in [3.63, 3.8) is 0 Å². The predicted octanol–water partition coefficient (Wildman–Crippen LogP) is 1.91. The maximum Gasteiger partial charge on any atom is 0.159 e. The summed E-state index contributed by atoms with van der Waals surface area (Å²) in [5, 5.41) is 9.25. The first kappa shape index (κ1) is 9.41. The molecule has 1 fully saturated rings. The van der Waals surface area contributed by atoms with Gasteiger partial charge in [-0.1, -0.05) is 18.2 Å². The molecule has 0 unspecified atom stereocenters. The van der Waals surface area contributed by atoms with Crippen molar-refractivity contribution in [3.05, 3.63) is 35.4 Å². The molecule has 2 heteroatoms. The molecule has 2 rings (SSSR count). The summed E-state index contributed by atoms with van der Waals surface area (Å²) >= 11 is 0. The van der Waals surface area contributed by atoms with Crippen LogP contribution in [-0.2, 0) is 5.41 Å². The van der Waals surface area contributed by atoms with E-state index < -0.39 is 0 Å². The van der Waals surface area contributed by atoms with E-state index in [1.165, 1.54) is 0 Å². The molecule has 1 saturated carbocycles. The van der Waals surface area contributed by atoms with Crippen molar-refractivity contribution in [1.29, 1.82) is 0 Å². The summed E-state index contributed by atoms with van der Waals surface area (Å²) in [5.41, 5.74) is 1.81. The fraction of sp³-hybridized carbons (Fsp3) is 0.417. The van der Waals surface area contributed by atoms with Gasteiger partial charge in [0.1, 0.15) is 0 Å². The number of carbonyl (C=O) groups excluding carboxylic acids is 1. The van der Waals surface area contributed by atoms with Crippen molar-refractivity contribution in [2.75, 3.05) is 6.61 Å². The Morgan fingerprint density at radius 3 is 2.71 bits per heavy atom. The Balaban J connectivity index is 2.36. The molecule has 0 amide bonds. The lowest BCUT2D eigenvalue weighted by atomic mass is 9.94. The van der Waals surface area contributed by atoms with Gasteiger partial charge in [0.05, 0.1) is 6.61 Å². The van der Waals surface area contributed by atoms with Crippen molar-refractivity contribution in [1.82, 2.24) is 0 Å². The lowest BCUT2D eigenvalue weighted by Crippen LogP contribution is -2.12. The molecule has 74 valence electrons. The number of ketones is 1. The molecule has 0 saturated heterocycles. The van der Waals surface area contributed by atoms with Crippen LogP contribution in [0, 0.1) is 0 Å². The summed E-state index contributed by atoms with van der Waals surface area (Å²) in [4.78, 5) is 11.2. The van der Waals surface area contributed by atoms with Crippen LogP contribution in [0.2, 0.25) is 0 Å². The minimum absolute atomic E-state index is 0.0362. The Morgan fingerprint density at radius 2 is 2.21 bits per heavy atom. The molecule has 0 heterocycles. The fourth-order valence-electron chi connectivity index (χ4n) is 1.76. The number of benzene rings is 1. The van der Waals surface area contributed by atoms with Crippen molar-refractivity contribution in [2.24, 2.45) is 0 Å². The number of hydrogen-bond donors (Lipinski definition) is 1. The largest absolute Gasteiger partial charge is 0.395 e. The van der Waals surface area contributed by atoms with Gasteiger partial charge in [0.15, 0.2) is 5.78 Å². The Labute approximate surface area is 83.6 Å². The maximum atomic E-state index is 11.2. The van der Waals surface area contributed by atoms with Gasteiger partial charge >= 0.3 is 0 Å². The van der Waals surface area contributed by atoms with Crippen LogP contribution >= 0.6 is 0 Å². The molecular formula is C12H14O2. The molecule has 14 heavy (non-hydrogen) atoms. The highest BCUT2D eigenvalue weighted by molar-refractivity contribution is 5.94. The third-order valence-electron chi connectivity index (χ3n) is 3.04. The van der Waals surface area contributed by atoms with Crippen molar-refractivity contribution >= 4 is 5.78 Å². The van der Waals surface area contributed by atoms with Gasteiger partial charge in [-0.05, 0) is 31.4 Å². The van der Waals surface area contributed by atoms with Crippen LogP contribution in [0.5, 0.6) is 0 Å². The van der Waals surface area contributed by atoms with E-state index in [2.05, 4.69) is 0 Å². The average molecular weight is 190 g/mol. The highest BCUT2D eigenvalue weighted by Crippen LogP contribution is 2.47. The van der Waals surface area contributed by atoms with Gasteiger partial charge in [-0.2, -0.15) is 0 Å². The number of aliphatic hydroxyl groups excluding tert-OH is 1. The zero-order valence-corrected chi connectivity index (χ0v) is 8.29. The van der Waals surface area contributed by atoms with E-state index in [0.29, 0.717) is 0 Å². The van der Waals surface area contributed by atoms with Crippen LogP contribution in [0.4, 0.5) is 0 Å². The Kier molecular flexibility index (Phi) is 2.16. The molecule has 2 nitrogen and oxygen atoms in total. The summed E-state index contributed by atoms with van der Waals surface area (Å²) in [7, 11) is 0. The Bertz CT molecular complexity index is 364. The molecule has 1 aromatic rings. The standard InChI is InChI=1S/C12H14O2/c1-9(14)10-3-2-4-11(7-10)12(8-13)5-6-12/h2-4,7,13H,5-6,8H2,1H3. The molecule has 0 radical (unpaired) electrons. The third kappa shape index (κ3) is 1.46. The van der Waals surface area contributed by atoms with Gasteiger partial charge in [-0.15, -0.1) is 0 Å². The first-order valence-corrected chi connectivity index (χ1v) is 4.90. The number of hydrogen-bond acceptors (Lipinski definition) is 2. The van der Waals surface area contributed by atoms with E-state index >= 15 is 0 Å². The number of carbonyl (C=O) groups is 1. The van der Waals surface area contributed by atoms with Crippen LogP contribution in [-0.4, -0.2) is 17.5 Å². The highest BCUT2D eigenvalue weighted by Gasteiger charge is 2.43. The number of rotatable bonds is 3. The molecule has 1 aliphatic rings. The normalized spacial score (nSPS) is 17.9. The lowest BCUT2D eigenvalue weighted by molar-refractivity contribution is 0.101. The van der Waals surface area contributed by atoms with E-state index in [0.717, 1.165) is 24.0 Å². The summed E-state index contributed by atoms with van der Waals surface area (Å²) in [5.74, 6) is 0.0839. The molecular weight excluding hydrogens is 176 g/mol. The smallest absolute Gasteiger partial charge is 0.159 e. The maximum absolute atomic E-state index is 11.2. The van der Waals surface area contributed by atoms with Gasteiger partial charge < -0.3 is 5.11 Å². The van der Waals surface area contributed by atoms with E-state index in [9.17, 15) is 9.90 Å². The van der Waals surface area contributed by atoms with Gasteiger partial charge in [0, 0.05) is 11.0 Å². The molecule has 1 N–H and O–H groups in total. The fourth-order valence-corrected chi connectivity index (χ4v) is 1.76. The minimum atomic E-state index is -0.0362. The first-order chi connectivity index (χ1) is 6.68. The van der Waals surface area contributed by atoms with Gasteiger partial charge in [-0.25, -0.2) is 0 Å². The van der Waals surface area contributed by atoms with E-state index in [4.69, 9.17) is 0 Å². The SMILES string of the molecule is CC(=O)c1cccc(C2(CO)CC2)c1. The predicted molar refractivity (Wildman–Crippen MR) is 54.4 cm³/mol. The van der Waals surface area contributed by atoms with E-state index in [1.807, 2.05) is 24.3 Å². The summed E-state index contributed by atoms with van der Waals surface area (Å²) < 4.78 is 0. The van der Waals surface area contributed by atoms with E-state index in [-0.39, 0.29) is 17.8 Å². The second kappa shape index (κ2) is 3.21. The summed E-state index contributed by atoms with van der Waals surface area (Å²) in [6.45, 7) is 1.76. The average Bonchev–Trinajstić information content (AvgIpc) is 2.98. The van der Waals surface area contributed by atoms with Crippen LogP contribution in [0.25, 0.3) is 0 Å². The van der Waals surface area contributed by atoms with E-state index in [1.54, 1.807) is 6.92 Å². The zero-order chi connectivity index (χ0) is 10.2. The molecule has 1 aliphatic carbocycles. The van der Waals surface area contributed by atoms with Gasteiger partial charge in [0.25, 0.3) is 0 Å². The summed E-state index contributed by atoms with van der Waals surface area (Å²) in [6.07, 6.45) is 2.07. The second-order valence-corrected chi connectivity index (χ2v) is 4.08. The van der Waals surface area contributed by atoms with Crippen molar-refractivity contribution in [3.8, 4) is 0 Å². The topological polar surface area (TPSA) is 37.3 Å². The van der Waals surface area contributed by atoms with Crippen LogP contribution in [0.15, 0.2) is 24.3 Å². The highest BCUT2D eigenvalue weighted by atomic mass is 16.3. The van der Waals surface area contributed by atoms with Crippen LogP contribution in [0.3, 0.4) is 0 Å². The minimum Gasteiger partial charge on any atom is -0.395 e. The Morgan fingerprint density at radius 1 is 1.50 bits per heavy atom. The molecule has 0 atom stereocenters. The molecule has 1 aromatic carbocycles. The van der Waals surface area contributed by atoms with Crippen molar-refractivity contribution < 1.29 is 9.90 Å². The molecule has 0 aliphatic heterocycles. The monoisotopic (exact) mass is 190 g/mol. The van der Waals surface area contributed by atoms with Gasteiger partial charge in [-0.3, -0.25) is 4.79 Å².